The molecule has 2 atom stereocenters. The summed E-state index contributed by atoms with van der Waals surface area (Å²) in [5.41, 5.74) is 1.81. The predicted molar refractivity (Wildman–Crippen MR) is 120 cm³/mol. The number of imidazole rings is 1. The summed E-state index contributed by atoms with van der Waals surface area (Å²) in [4.78, 5) is 30.2. The number of carbonyl (C=O) groups excluding carboxylic acids is 1. The topological polar surface area (TPSA) is 115 Å². The number of halogens is 1. The number of rotatable bonds is 3. The van der Waals surface area contributed by atoms with Gasteiger partial charge in [0.25, 0.3) is 5.91 Å². The molecule has 34 heavy (non-hydrogen) atoms. The molecule has 172 valence electrons. The first-order chi connectivity index (χ1) is 16.3. The zero-order valence-electron chi connectivity index (χ0n) is 18.7. The maximum absolute atomic E-state index is 15.1. The summed E-state index contributed by atoms with van der Waals surface area (Å²) in [7, 11) is 1.56. The Morgan fingerprint density at radius 1 is 1.24 bits per heavy atom. The first-order valence-electron chi connectivity index (χ1n) is 10.9. The van der Waals surface area contributed by atoms with Crippen molar-refractivity contribution < 1.29 is 19.0 Å². The van der Waals surface area contributed by atoms with Crippen molar-refractivity contribution in [2.45, 2.75) is 38.0 Å². The van der Waals surface area contributed by atoms with Gasteiger partial charge in [0, 0.05) is 47.8 Å². The molecule has 2 aliphatic heterocycles. The molecule has 4 aromatic rings. The summed E-state index contributed by atoms with van der Waals surface area (Å²) in [5, 5.41) is 13.1. The van der Waals surface area contributed by atoms with Crippen LogP contribution in [0.1, 0.15) is 60.1 Å². The fourth-order valence-corrected chi connectivity index (χ4v) is 4.88. The van der Waals surface area contributed by atoms with Crippen LogP contribution in [-0.2, 0) is 5.60 Å². The van der Waals surface area contributed by atoms with Gasteiger partial charge in [-0.1, -0.05) is 0 Å². The van der Waals surface area contributed by atoms with Crippen LogP contribution in [0.25, 0.3) is 22.2 Å². The van der Waals surface area contributed by atoms with Crippen molar-refractivity contribution in [3.8, 4) is 16.9 Å². The van der Waals surface area contributed by atoms with Gasteiger partial charge < -0.3 is 19.7 Å². The van der Waals surface area contributed by atoms with Crippen LogP contribution in [0.3, 0.4) is 0 Å². The minimum absolute atomic E-state index is 0.250. The first-order valence-corrected chi connectivity index (χ1v) is 10.9. The molecule has 2 bridgehead atoms. The number of ether oxygens (including phenoxy) is 1. The predicted octanol–water partition coefficient (Wildman–Crippen LogP) is 3.04. The van der Waals surface area contributed by atoms with Crippen LogP contribution in [0.4, 0.5) is 4.39 Å². The standard InChI is InChI=1S/C24H21FN6O3/c1-24(2,33)23-27-9-11(10-28-23)12-6-16-14(7-13(12)25)29-21-15-8-17(31(16)21)19-18(34-3)4-5-26-20(19)22(32)30-15/h4-7,9-10,15,17,33H,8H2,1-3H3,(H,30,32)/t15-,17-/m1/s1. The normalized spacial score (nSPS) is 18.9. The molecule has 0 radical (unpaired) electrons. The Morgan fingerprint density at radius 3 is 2.71 bits per heavy atom. The Bertz CT molecular complexity index is 1480. The lowest BCUT2D eigenvalue weighted by atomic mass is 10.0. The average molecular weight is 460 g/mol. The lowest BCUT2D eigenvalue weighted by Crippen LogP contribution is -2.28. The van der Waals surface area contributed by atoms with E-state index in [0.717, 1.165) is 5.52 Å². The number of hydrogen-bond donors (Lipinski definition) is 2. The molecule has 1 amide bonds. The molecular weight excluding hydrogens is 439 g/mol. The zero-order valence-corrected chi connectivity index (χ0v) is 18.7. The second-order valence-electron chi connectivity index (χ2n) is 9.07. The summed E-state index contributed by atoms with van der Waals surface area (Å²) in [6.07, 6.45) is 5.14. The van der Waals surface area contributed by atoms with E-state index in [-0.39, 0.29) is 23.8 Å². The second kappa shape index (κ2) is 7.04. The van der Waals surface area contributed by atoms with Crippen LogP contribution in [0, 0.1) is 5.82 Å². The Balaban J connectivity index is 1.54. The fourth-order valence-electron chi connectivity index (χ4n) is 4.88. The van der Waals surface area contributed by atoms with Crippen LogP contribution in [-0.4, -0.2) is 42.6 Å². The zero-order chi connectivity index (χ0) is 23.8. The van der Waals surface area contributed by atoms with Gasteiger partial charge >= 0.3 is 0 Å². The van der Waals surface area contributed by atoms with Crippen molar-refractivity contribution >= 4 is 16.9 Å². The van der Waals surface area contributed by atoms with E-state index < -0.39 is 11.4 Å². The molecule has 6 rings (SSSR count). The number of aliphatic hydroxyl groups is 1. The summed E-state index contributed by atoms with van der Waals surface area (Å²) < 4.78 is 22.7. The summed E-state index contributed by atoms with van der Waals surface area (Å²) >= 11 is 0. The summed E-state index contributed by atoms with van der Waals surface area (Å²) in [6, 6.07) is 4.26. The maximum atomic E-state index is 15.1. The highest BCUT2D eigenvalue weighted by atomic mass is 19.1. The number of fused-ring (bicyclic) bond motifs is 9. The lowest BCUT2D eigenvalue weighted by molar-refractivity contribution is 0.0687. The SMILES string of the molecule is COc1ccnc2c1[C@H]1C[C@@H](NC2=O)c2nc3cc(F)c(-c4cnc(C(C)(C)O)nc4)cc3n21. The van der Waals surface area contributed by atoms with Gasteiger partial charge in [0.05, 0.1) is 30.2 Å². The third-order valence-electron chi connectivity index (χ3n) is 6.42. The minimum atomic E-state index is -1.20. The van der Waals surface area contributed by atoms with E-state index in [1.807, 2.05) is 4.57 Å². The molecule has 0 unspecified atom stereocenters. The number of nitrogens with zero attached hydrogens (tertiary/aromatic N) is 5. The average Bonchev–Trinajstić information content (AvgIpc) is 3.29. The van der Waals surface area contributed by atoms with Gasteiger partial charge in [0.1, 0.15) is 28.7 Å². The molecule has 2 aliphatic rings. The number of carbonyl (C=O) groups is 1. The number of aromatic nitrogens is 5. The monoisotopic (exact) mass is 460 g/mol. The summed E-state index contributed by atoms with van der Waals surface area (Å²) in [5.74, 6) is 0.736. The molecule has 3 aromatic heterocycles. The highest BCUT2D eigenvalue weighted by Crippen LogP contribution is 2.47. The van der Waals surface area contributed by atoms with Crippen LogP contribution in [0.5, 0.6) is 5.75 Å². The third kappa shape index (κ3) is 2.91. The maximum Gasteiger partial charge on any atom is 0.270 e. The van der Waals surface area contributed by atoms with Gasteiger partial charge in [-0.3, -0.25) is 9.78 Å². The van der Waals surface area contributed by atoms with E-state index in [1.54, 1.807) is 39.3 Å². The molecule has 0 aliphatic carbocycles. The number of methoxy groups -OCH3 is 1. The summed E-state index contributed by atoms with van der Waals surface area (Å²) in [6.45, 7) is 3.18. The number of hydrogen-bond acceptors (Lipinski definition) is 7. The van der Waals surface area contributed by atoms with Crippen molar-refractivity contribution in [2.75, 3.05) is 7.11 Å². The van der Waals surface area contributed by atoms with E-state index >= 15 is 4.39 Å². The van der Waals surface area contributed by atoms with E-state index in [9.17, 15) is 9.90 Å². The molecular formula is C24H21FN6O3. The van der Waals surface area contributed by atoms with Gasteiger partial charge in [-0.15, -0.1) is 0 Å². The van der Waals surface area contributed by atoms with Crippen LogP contribution < -0.4 is 10.1 Å². The molecule has 0 spiro atoms. The molecule has 9 nitrogen and oxygen atoms in total. The highest BCUT2D eigenvalue weighted by Gasteiger charge is 2.42. The molecule has 1 aromatic carbocycles. The smallest absolute Gasteiger partial charge is 0.270 e. The van der Waals surface area contributed by atoms with E-state index in [1.165, 1.54) is 18.5 Å². The van der Waals surface area contributed by atoms with Crippen LogP contribution >= 0.6 is 0 Å². The Labute approximate surface area is 193 Å². The Kier molecular flexibility index (Phi) is 4.28. The van der Waals surface area contributed by atoms with Crippen molar-refractivity contribution in [1.82, 2.24) is 29.8 Å². The lowest BCUT2D eigenvalue weighted by Gasteiger charge is -2.20. The Morgan fingerprint density at radius 2 is 2.00 bits per heavy atom. The van der Waals surface area contributed by atoms with Crippen molar-refractivity contribution in [1.29, 1.82) is 0 Å². The van der Waals surface area contributed by atoms with Crippen molar-refractivity contribution in [2.24, 2.45) is 0 Å². The second-order valence-corrected chi connectivity index (χ2v) is 9.07. The van der Waals surface area contributed by atoms with Crippen LogP contribution in [0.15, 0.2) is 36.8 Å². The molecule has 0 saturated carbocycles. The van der Waals surface area contributed by atoms with Crippen molar-refractivity contribution in [3.63, 3.8) is 0 Å². The first kappa shape index (κ1) is 20.7. The van der Waals surface area contributed by atoms with E-state index in [0.29, 0.717) is 45.9 Å². The number of pyridine rings is 1. The number of benzene rings is 1. The van der Waals surface area contributed by atoms with Gasteiger partial charge in [-0.25, -0.2) is 19.3 Å². The minimum Gasteiger partial charge on any atom is -0.496 e. The molecule has 2 N–H and O–H groups in total. The van der Waals surface area contributed by atoms with Gasteiger partial charge in [0.2, 0.25) is 0 Å². The highest BCUT2D eigenvalue weighted by molar-refractivity contribution is 5.96. The Hall–Kier alpha value is -3.92. The van der Waals surface area contributed by atoms with Gasteiger partial charge in [-0.2, -0.15) is 0 Å². The molecule has 10 heteroatoms. The molecule has 0 saturated heterocycles. The van der Waals surface area contributed by atoms with Crippen LogP contribution in [0.2, 0.25) is 0 Å². The molecule has 0 fully saturated rings. The third-order valence-corrected chi connectivity index (χ3v) is 6.42. The van der Waals surface area contributed by atoms with E-state index in [4.69, 9.17) is 4.74 Å². The molecule has 5 heterocycles. The van der Waals surface area contributed by atoms with E-state index in [2.05, 4.69) is 25.3 Å². The van der Waals surface area contributed by atoms with Crippen molar-refractivity contribution in [3.05, 3.63) is 65.5 Å². The quantitative estimate of drug-likeness (QED) is 0.483. The number of amides is 1. The largest absolute Gasteiger partial charge is 0.496 e. The fraction of sp³-hybridized carbons (Fsp3) is 0.292. The van der Waals surface area contributed by atoms with Gasteiger partial charge in [-0.05, 0) is 26.0 Å². The number of nitrogens with one attached hydrogen (secondary N) is 1. The van der Waals surface area contributed by atoms with Gasteiger partial charge in [0.15, 0.2) is 5.82 Å².